The molecule has 1 aliphatic carbocycles. The smallest absolute Gasteiger partial charge is 0.248 e. The number of carbonyl (C=O) groups is 3. The molecule has 1 spiro atoms. The van der Waals surface area contributed by atoms with Crippen molar-refractivity contribution in [2.24, 2.45) is 11.8 Å². The Bertz CT molecular complexity index is 965. The first-order valence-corrected chi connectivity index (χ1v) is 14.7. The molecular weight excluding hydrogens is 480 g/mol. The van der Waals surface area contributed by atoms with E-state index in [0.29, 0.717) is 32.5 Å². The standard InChI is InChI=1S/C30H46N4O4/c1-4-5-17-34-28(37)25(26(35)23-9-7-6-8-10-23)32-29(38)30(34)15-18-33(19-16-30)20-22-11-13-24(14-12-22)31-27(36)21(2)3/h11-14,21,23,25-26,35H,4-10,15-20H2,1-3H3,(H,31,36)(H,32,38). The van der Waals surface area contributed by atoms with Gasteiger partial charge in [-0.1, -0.05) is 58.6 Å². The number of aliphatic hydroxyl groups excluding tert-OH is 1. The fourth-order valence-corrected chi connectivity index (χ4v) is 6.27. The average molecular weight is 527 g/mol. The van der Waals surface area contributed by atoms with E-state index >= 15 is 0 Å². The van der Waals surface area contributed by atoms with Gasteiger partial charge in [0, 0.05) is 37.8 Å². The van der Waals surface area contributed by atoms with Crippen LogP contribution < -0.4 is 10.6 Å². The zero-order valence-electron chi connectivity index (χ0n) is 23.4. The van der Waals surface area contributed by atoms with Gasteiger partial charge in [-0.05, 0) is 55.7 Å². The summed E-state index contributed by atoms with van der Waals surface area (Å²) in [6.07, 6.45) is 7.30. The first-order chi connectivity index (χ1) is 18.2. The second-order valence-electron chi connectivity index (χ2n) is 11.8. The summed E-state index contributed by atoms with van der Waals surface area (Å²) < 4.78 is 0. The number of carbonyl (C=O) groups excluding carboxylic acids is 3. The summed E-state index contributed by atoms with van der Waals surface area (Å²) in [5, 5.41) is 17.0. The molecule has 38 heavy (non-hydrogen) atoms. The molecule has 2 atom stereocenters. The van der Waals surface area contributed by atoms with Gasteiger partial charge in [0.05, 0.1) is 6.10 Å². The van der Waals surface area contributed by atoms with E-state index in [1.165, 1.54) is 6.42 Å². The fourth-order valence-electron chi connectivity index (χ4n) is 6.27. The predicted molar refractivity (Wildman–Crippen MR) is 148 cm³/mol. The number of piperazine rings is 1. The monoisotopic (exact) mass is 526 g/mol. The second-order valence-corrected chi connectivity index (χ2v) is 11.8. The third-order valence-electron chi connectivity index (χ3n) is 8.80. The van der Waals surface area contributed by atoms with Gasteiger partial charge in [-0.15, -0.1) is 0 Å². The van der Waals surface area contributed by atoms with Crippen LogP contribution in [0, 0.1) is 11.8 Å². The molecule has 0 radical (unpaired) electrons. The second kappa shape index (κ2) is 12.6. The highest BCUT2D eigenvalue weighted by molar-refractivity contribution is 6.00. The first-order valence-electron chi connectivity index (χ1n) is 14.7. The van der Waals surface area contributed by atoms with Crippen LogP contribution in [-0.2, 0) is 20.9 Å². The molecule has 2 saturated heterocycles. The highest BCUT2D eigenvalue weighted by Crippen LogP contribution is 2.36. The maximum Gasteiger partial charge on any atom is 0.248 e. The van der Waals surface area contributed by atoms with E-state index < -0.39 is 17.7 Å². The maximum absolute atomic E-state index is 13.8. The molecule has 3 fully saturated rings. The van der Waals surface area contributed by atoms with Crippen molar-refractivity contribution in [2.75, 3.05) is 25.0 Å². The predicted octanol–water partition coefficient (Wildman–Crippen LogP) is 3.68. The van der Waals surface area contributed by atoms with E-state index in [9.17, 15) is 19.5 Å². The molecule has 0 aromatic heterocycles. The molecule has 2 heterocycles. The van der Waals surface area contributed by atoms with Gasteiger partial charge in [0.25, 0.3) is 0 Å². The van der Waals surface area contributed by atoms with Crippen molar-refractivity contribution in [1.82, 2.24) is 15.1 Å². The summed E-state index contributed by atoms with van der Waals surface area (Å²) in [7, 11) is 0. The van der Waals surface area contributed by atoms with E-state index in [0.717, 1.165) is 56.3 Å². The lowest BCUT2D eigenvalue weighted by Crippen LogP contribution is -2.75. The molecule has 3 N–H and O–H groups in total. The number of aliphatic hydroxyl groups is 1. The molecule has 3 aliphatic rings. The number of likely N-dealkylation sites (tertiary alicyclic amines) is 1. The number of hydrogen-bond donors (Lipinski definition) is 3. The minimum Gasteiger partial charge on any atom is -0.390 e. The largest absolute Gasteiger partial charge is 0.390 e. The maximum atomic E-state index is 13.8. The third kappa shape index (κ3) is 6.23. The van der Waals surface area contributed by atoms with Crippen molar-refractivity contribution in [3.05, 3.63) is 29.8 Å². The number of anilines is 1. The van der Waals surface area contributed by atoms with Crippen LogP contribution in [-0.4, -0.2) is 69.9 Å². The van der Waals surface area contributed by atoms with Crippen LogP contribution in [0.2, 0.25) is 0 Å². The molecule has 2 unspecified atom stereocenters. The molecule has 4 rings (SSSR count). The van der Waals surface area contributed by atoms with Gasteiger partial charge in [0.2, 0.25) is 17.7 Å². The average Bonchev–Trinajstić information content (AvgIpc) is 2.93. The van der Waals surface area contributed by atoms with Crippen molar-refractivity contribution in [3.8, 4) is 0 Å². The SMILES string of the molecule is CCCCN1C(=O)C(C(O)C2CCCCC2)NC(=O)C12CCN(Cc1ccc(NC(=O)C(C)C)cc1)CC2. The summed E-state index contributed by atoms with van der Waals surface area (Å²) in [5.74, 6) is -0.198. The Morgan fingerprint density at radius 3 is 2.37 bits per heavy atom. The zero-order valence-corrected chi connectivity index (χ0v) is 23.4. The number of nitrogens with one attached hydrogen (secondary N) is 2. The number of piperidine rings is 1. The van der Waals surface area contributed by atoms with Crippen molar-refractivity contribution in [2.45, 2.75) is 103 Å². The first kappa shape index (κ1) is 28.6. The van der Waals surface area contributed by atoms with Crippen LogP contribution in [0.1, 0.15) is 84.1 Å². The Morgan fingerprint density at radius 2 is 1.76 bits per heavy atom. The van der Waals surface area contributed by atoms with E-state index in [4.69, 9.17) is 0 Å². The van der Waals surface area contributed by atoms with Crippen molar-refractivity contribution < 1.29 is 19.5 Å². The van der Waals surface area contributed by atoms with E-state index in [1.54, 1.807) is 0 Å². The summed E-state index contributed by atoms with van der Waals surface area (Å²) in [4.78, 5) is 43.5. The van der Waals surface area contributed by atoms with E-state index in [1.807, 2.05) is 43.0 Å². The molecule has 1 aromatic carbocycles. The Hall–Kier alpha value is -2.45. The molecule has 210 valence electrons. The molecular formula is C30H46N4O4. The summed E-state index contributed by atoms with van der Waals surface area (Å²) >= 11 is 0. The van der Waals surface area contributed by atoms with Crippen molar-refractivity contribution >= 4 is 23.4 Å². The lowest BCUT2D eigenvalue weighted by molar-refractivity contribution is -0.166. The van der Waals surface area contributed by atoms with Gasteiger partial charge in [0.15, 0.2) is 0 Å². The lowest BCUT2D eigenvalue weighted by Gasteiger charge is -2.52. The fraction of sp³-hybridized carbons (Fsp3) is 0.700. The number of benzene rings is 1. The van der Waals surface area contributed by atoms with Gasteiger partial charge in [-0.2, -0.15) is 0 Å². The summed E-state index contributed by atoms with van der Waals surface area (Å²) in [5.41, 5.74) is 1.10. The Labute approximate surface area is 227 Å². The van der Waals surface area contributed by atoms with Gasteiger partial charge in [0.1, 0.15) is 11.6 Å². The summed E-state index contributed by atoms with van der Waals surface area (Å²) in [6, 6.07) is 7.09. The Kier molecular flexibility index (Phi) is 9.47. The number of hydrogen-bond acceptors (Lipinski definition) is 5. The van der Waals surface area contributed by atoms with Crippen LogP contribution in [0.15, 0.2) is 24.3 Å². The molecule has 8 heteroatoms. The van der Waals surface area contributed by atoms with E-state index in [2.05, 4.69) is 22.5 Å². The van der Waals surface area contributed by atoms with Crippen LogP contribution in [0.25, 0.3) is 0 Å². The minimum atomic E-state index is -0.837. The third-order valence-corrected chi connectivity index (χ3v) is 8.80. The number of rotatable bonds is 9. The van der Waals surface area contributed by atoms with Crippen molar-refractivity contribution in [1.29, 1.82) is 0 Å². The summed E-state index contributed by atoms with van der Waals surface area (Å²) in [6.45, 7) is 8.57. The van der Waals surface area contributed by atoms with Gasteiger partial charge < -0.3 is 20.6 Å². The lowest BCUT2D eigenvalue weighted by atomic mass is 9.78. The van der Waals surface area contributed by atoms with Gasteiger partial charge in [-0.3, -0.25) is 19.3 Å². The zero-order chi connectivity index (χ0) is 27.3. The van der Waals surface area contributed by atoms with Crippen LogP contribution in [0.3, 0.4) is 0 Å². The quantitative estimate of drug-likeness (QED) is 0.456. The highest BCUT2D eigenvalue weighted by Gasteiger charge is 2.55. The van der Waals surface area contributed by atoms with Gasteiger partial charge >= 0.3 is 0 Å². The number of nitrogens with zero attached hydrogens (tertiary/aromatic N) is 2. The van der Waals surface area contributed by atoms with E-state index in [-0.39, 0.29) is 29.6 Å². The number of unbranched alkanes of at least 4 members (excludes halogenated alkanes) is 1. The molecule has 2 aliphatic heterocycles. The molecule has 1 aromatic rings. The molecule has 0 bridgehead atoms. The molecule has 3 amide bonds. The number of amides is 3. The molecule has 1 saturated carbocycles. The molecule has 8 nitrogen and oxygen atoms in total. The van der Waals surface area contributed by atoms with Crippen LogP contribution >= 0.6 is 0 Å². The topological polar surface area (TPSA) is 102 Å². The Morgan fingerprint density at radius 1 is 1.11 bits per heavy atom. The van der Waals surface area contributed by atoms with Crippen molar-refractivity contribution in [3.63, 3.8) is 0 Å². The Balaban J connectivity index is 1.40. The highest BCUT2D eigenvalue weighted by atomic mass is 16.3. The minimum absolute atomic E-state index is 0.000472. The van der Waals surface area contributed by atoms with Crippen LogP contribution in [0.5, 0.6) is 0 Å². The van der Waals surface area contributed by atoms with Gasteiger partial charge in [-0.25, -0.2) is 0 Å². The normalized spacial score (nSPS) is 23.5. The van der Waals surface area contributed by atoms with Crippen LogP contribution in [0.4, 0.5) is 5.69 Å².